The van der Waals surface area contributed by atoms with Crippen LogP contribution in [0, 0.1) is 0 Å². The minimum absolute atomic E-state index is 0.141. The first-order valence-corrected chi connectivity index (χ1v) is 13.4. The predicted octanol–water partition coefficient (Wildman–Crippen LogP) is 5.12. The van der Waals surface area contributed by atoms with Crippen LogP contribution in [0.25, 0.3) is 11.3 Å². The Morgan fingerprint density at radius 1 is 0.923 bits per heavy atom. The third-order valence-corrected chi connectivity index (χ3v) is 7.18. The summed E-state index contributed by atoms with van der Waals surface area (Å²) in [6, 6.07) is 21.2. The van der Waals surface area contributed by atoms with Crippen LogP contribution in [0.4, 0.5) is 5.69 Å². The monoisotopic (exact) mass is 584 g/mol. The Morgan fingerprint density at radius 3 is 2.41 bits per heavy atom. The molecular weight excluding hydrogens is 563 g/mol. The molecule has 0 aliphatic heterocycles. The zero-order valence-corrected chi connectivity index (χ0v) is 22.5. The fourth-order valence-corrected chi connectivity index (χ4v) is 4.87. The number of hydroxylamine groups is 1. The first-order valence-electron chi connectivity index (χ1n) is 11.5. The van der Waals surface area contributed by atoms with Gasteiger partial charge in [0.1, 0.15) is 23.3 Å². The molecule has 0 saturated heterocycles. The molecule has 12 heteroatoms. The van der Waals surface area contributed by atoms with Crippen molar-refractivity contribution in [3.63, 3.8) is 0 Å². The molecule has 1 atom stereocenters. The Bertz CT molecular complexity index is 1500. The smallest absolute Gasteiger partial charge is 0.274 e. The maximum Gasteiger partial charge on any atom is 0.274 e. The Balaban J connectivity index is 1.32. The average Bonchev–Trinajstić information content (AvgIpc) is 2.96. The maximum atomic E-state index is 12.9. The lowest BCUT2D eigenvalue weighted by Gasteiger charge is -2.11. The summed E-state index contributed by atoms with van der Waals surface area (Å²) in [6.07, 6.45) is 1.66. The van der Waals surface area contributed by atoms with E-state index in [1.165, 1.54) is 24.3 Å². The number of benzene rings is 3. The summed E-state index contributed by atoms with van der Waals surface area (Å²) in [7, 11) is -1.60. The van der Waals surface area contributed by atoms with Crippen LogP contribution in [0.5, 0.6) is 5.75 Å². The van der Waals surface area contributed by atoms with E-state index in [1.807, 2.05) is 12.1 Å². The third-order valence-electron chi connectivity index (χ3n) is 5.39. The first-order chi connectivity index (χ1) is 18.9. The van der Waals surface area contributed by atoms with E-state index in [1.54, 1.807) is 54.1 Å². The number of pyridine rings is 1. The topological polar surface area (TPSA) is 130 Å². The van der Waals surface area contributed by atoms with Crippen LogP contribution >= 0.6 is 23.2 Å². The van der Waals surface area contributed by atoms with Crippen LogP contribution in [0.1, 0.15) is 20.7 Å². The van der Waals surface area contributed by atoms with Gasteiger partial charge in [0.2, 0.25) is 0 Å². The molecule has 3 aromatic carbocycles. The summed E-state index contributed by atoms with van der Waals surface area (Å²) in [6.45, 7) is 0.452. The van der Waals surface area contributed by atoms with E-state index in [0.717, 1.165) is 0 Å². The van der Waals surface area contributed by atoms with Crippen molar-refractivity contribution in [3.8, 4) is 17.0 Å². The quantitative estimate of drug-likeness (QED) is 0.116. The van der Waals surface area contributed by atoms with Crippen molar-refractivity contribution in [2.75, 3.05) is 18.5 Å². The first kappa shape index (κ1) is 28.2. The van der Waals surface area contributed by atoms with Crippen LogP contribution in [-0.2, 0) is 11.0 Å². The normalized spacial score (nSPS) is 11.5. The van der Waals surface area contributed by atoms with E-state index in [0.29, 0.717) is 32.6 Å². The number of halogens is 2. The Labute approximate surface area is 236 Å². The van der Waals surface area contributed by atoms with E-state index < -0.39 is 22.8 Å². The Kier molecular flexibility index (Phi) is 9.64. The lowest BCUT2D eigenvalue weighted by atomic mass is 10.1. The van der Waals surface area contributed by atoms with Crippen LogP contribution in [0.15, 0.2) is 90.0 Å². The van der Waals surface area contributed by atoms with Crippen LogP contribution < -0.4 is 20.3 Å². The van der Waals surface area contributed by atoms with Gasteiger partial charge >= 0.3 is 0 Å². The highest BCUT2D eigenvalue weighted by molar-refractivity contribution is 7.83. The van der Waals surface area contributed by atoms with Crippen molar-refractivity contribution in [1.82, 2.24) is 15.2 Å². The second kappa shape index (κ2) is 13.3. The van der Waals surface area contributed by atoms with Crippen molar-refractivity contribution < 1.29 is 23.7 Å². The van der Waals surface area contributed by atoms with Crippen molar-refractivity contribution in [3.05, 3.63) is 106 Å². The average molecular weight is 585 g/mol. The number of carbonyl (C=O) groups excluding carboxylic acids is 2. The molecule has 0 radical (unpaired) electrons. The second-order valence-corrected chi connectivity index (χ2v) is 10.1. The van der Waals surface area contributed by atoms with Crippen LogP contribution in [-0.4, -0.2) is 39.4 Å². The van der Waals surface area contributed by atoms with Gasteiger partial charge in [-0.15, -0.1) is 0 Å². The highest BCUT2D eigenvalue weighted by atomic mass is 35.5. The zero-order valence-electron chi connectivity index (χ0n) is 20.2. The standard InChI is InChI=1S/C27H22Cl2N4O5S/c28-23-11-6-18(15-22(23)25-3-1-2-12-30-25)32-27(35)21-10-9-20(16-24(21)29)39(37)31-13-14-38-19-7-4-17(5-8-19)26(34)33-36/h1-12,15-16,31,36H,13-14H2,(H,32,35)(H,33,34). The van der Waals surface area contributed by atoms with E-state index in [-0.39, 0.29) is 29.3 Å². The van der Waals surface area contributed by atoms with Gasteiger partial charge in [-0.3, -0.25) is 19.8 Å². The molecule has 4 rings (SSSR count). The van der Waals surface area contributed by atoms with Gasteiger partial charge in [0.25, 0.3) is 11.8 Å². The van der Waals surface area contributed by atoms with Crippen LogP contribution in [0.3, 0.4) is 0 Å². The summed E-state index contributed by atoms with van der Waals surface area (Å²) in [5.74, 6) is -0.556. The summed E-state index contributed by atoms with van der Waals surface area (Å²) >= 11 is 12.7. The van der Waals surface area contributed by atoms with Crippen LogP contribution in [0.2, 0.25) is 10.0 Å². The fraction of sp³-hybridized carbons (Fsp3) is 0.0741. The molecule has 0 fully saturated rings. The molecule has 0 aliphatic rings. The number of ether oxygens (including phenoxy) is 1. The molecule has 0 aliphatic carbocycles. The highest BCUT2D eigenvalue weighted by Gasteiger charge is 2.15. The predicted molar refractivity (Wildman–Crippen MR) is 150 cm³/mol. The lowest BCUT2D eigenvalue weighted by Crippen LogP contribution is -2.23. The summed E-state index contributed by atoms with van der Waals surface area (Å²) < 4.78 is 21.0. The number of hydrogen-bond donors (Lipinski definition) is 4. The molecule has 1 heterocycles. The second-order valence-electron chi connectivity index (χ2n) is 7.98. The summed E-state index contributed by atoms with van der Waals surface area (Å²) in [5.41, 5.74) is 3.91. The molecule has 200 valence electrons. The van der Waals surface area contributed by atoms with Gasteiger partial charge < -0.3 is 10.1 Å². The number of hydrogen-bond acceptors (Lipinski definition) is 6. The van der Waals surface area contributed by atoms with Crippen molar-refractivity contribution in [2.45, 2.75) is 4.90 Å². The number of amides is 2. The van der Waals surface area contributed by atoms with E-state index >= 15 is 0 Å². The van der Waals surface area contributed by atoms with Gasteiger partial charge in [0.05, 0.1) is 26.2 Å². The van der Waals surface area contributed by atoms with Gasteiger partial charge in [-0.1, -0.05) is 29.3 Å². The number of anilines is 1. The molecule has 4 aromatic rings. The van der Waals surface area contributed by atoms with Gasteiger partial charge in [0.15, 0.2) is 0 Å². The number of rotatable bonds is 10. The minimum Gasteiger partial charge on any atom is -0.492 e. The molecule has 0 spiro atoms. The number of nitrogens with zero attached hydrogens (tertiary/aromatic N) is 1. The Morgan fingerprint density at radius 2 is 1.72 bits per heavy atom. The summed E-state index contributed by atoms with van der Waals surface area (Å²) in [5, 5.41) is 12.1. The van der Waals surface area contributed by atoms with E-state index in [9.17, 15) is 13.8 Å². The maximum absolute atomic E-state index is 12.9. The molecule has 39 heavy (non-hydrogen) atoms. The highest BCUT2D eigenvalue weighted by Crippen LogP contribution is 2.30. The molecule has 2 amide bonds. The molecule has 9 nitrogen and oxygen atoms in total. The molecule has 1 aromatic heterocycles. The summed E-state index contributed by atoms with van der Waals surface area (Å²) in [4.78, 5) is 28.9. The molecule has 4 N–H and O–H groups in total. The number of carbonyl (C=O) groups is 2. The fourth-order valence-electron chi connectivity index (χ4n) is 3.47. The third kappa shape index (κ3) is 7.41. The molecular formula is C27H22Cl2N4O5S. The SMILES string of the molecule is O=C(NO)c1ccc(OCCNS(=O)c2ccc(C(=O)Nc3ccc(Cl)c(-c4ccccn4)c3)c(Cl)c2)cc1. The molecule has 0 saturated carbocycles. The van der Waals surface area contributed by atoms with E-state index in [4.69, 9.17) is 33.1 Å². The molecule has 1 unspecified atom stereocenters. The van der Waals surface area contributed by atoms with Gasteiger partial charge in [-0.05, 0) is 72.8 Å². The van der Waals surface area contributed by atoms with Gasteiger partial charge in [-0.2, -0.15) is 0 Å². The van der Waals surface area contributed by atoms with Crippen molar-refractivity contribution in [1.29, 1.82) is 0 Å². The van der Waals surface area contributed by atoms with Crippen molar-refractivity contribution >= 4 is 51.7 Å². The minimum atomic E-state index is -1.60. The Hall–Kier alpha value is -3.80. The van der Waals surface area contributed by atoms with Gasteiger partial charge in [0, 0.05) is 29.6 Å². The number of nitrogens with one attached hydrogen (secondary N) is 3. The largest absolute Gasteiger partial charge is 0.492 e. The zero-order chi connectivity index (χ0) is 27.8. The van der Waals surface area contributed by atoms with Crippen molar-refractivity contribution in [2.24, 2.45) is 0 Å². The number of aromatic nitrogens is 1. The lowest BCUT2D eigenvalue weighted by molar-refractivity contribution is 0.0706. The molecule has 0 bridgehead atoms. The van der Waals surface area contributed by atoms with E-state index in [2.05, 4.69) is 15.0 Å². The van der Waals surface area contributed by atoms with Gasteiger partial charge in [-0.25, -0.2) is 14.4 Å².